The highest BCUT2D eigenvalue weighted by atomic mass is 32.2. The van der Waals surface area contributed by atoms with Gasteiger partial charge in [0.05, 0.1) is 6.26 Å². The van der Waals surface area contributed by atoms with E-state index in [1.807, 2.05) is 0 Å². The van der Waals surface area contributed by atoms with E-state index in [1.165, 1.54) is 33.5 Å². The molecule has 0 aromatic heterocycles. The number of sulfonamides is 1. The molecule has 9 heteroatoms. The molecule has 0 N–H and O–H groups in total. The van der Waals surface area contributed by atoms with Gasteiger partial charge < -0.3 is 9.64 Å². The number of alkyl halides is 2. The topological polar surface area (TPSA) is 66.9 Å². The summed E-state index contributed by atoms with van der Waals surface area (Å²) in [6, 6.07) is 5.58. The largest absolute Gasteiger partial charge is 0.435 e. The Morgan fingerprint density at radius 1 is 1.22 bits per heavy atom. The Morgan fingerprint density at radius 2 is 1.96 bits per heavy atom. The molecule has 0 atom stereocenters. The number of carbonyl (C=O) groups excluding carboxylic acids is 1. The van der Waals surface area contributed by atoms with Crippen molar-refractivity contribution < 1.29 is 26.7 Å². The lowest BCUT2D eigenvalue weighted by molar-refractivity contribution is -0.0499. The second-order valence-electron chi connectivity index (χ2n) is 5.21. The molecule has 0 spiro atoms. The monoisotopic (exact) mass is 348 g/mol. The van der Waals surface area contributed by atoms with Gasteiger partial charge in [0.2, 0.25) is 10.0 Å². The van der Waals surface area contributed by atoms with Crippen LogP contribution in [0.2, 0.25) is 0 Å². The van der Waals surface area contributed by atoms with Crippen LogP contribution in [0.4, 0.5) is 8.78 Å². The van der Waals surface area contributed by atoms with Crippen LogP contribution in [0, 0.1) is 0 Å². The molecule has 0 radical (unpaired) electrons. The maximum atomic E-state index is 12.5. The van der Waals surface area contributed by atoms with Crippen LogP contribution in [-0.4, -0.2) is 62.6 Å². The third-order valence-corrected chi connectivity index (χ3v) is 4.82. The van der Waals surface area contributed by atoms with Crippen LogP contribution in [0.15, 0.2) is 24.3 Å². The van der Waals surface area contributed by atoms with Crippen molar-refractivity contribution >= 4 is 15.9 Å². The van der Waals surface area contributed by atoms with Crippen molar-refractivity contribution in [1.29, 1.82) is 0 Å². The normalized spacial score (nSPS) is 17.1. The van der Waals surface area contributed by atoms with Crippen LogP contribution >= 0.6 is 0 Å². The van der Waals surface area contributed by atoms with Crippen LogP contribution in [0.25, 0.3) is 0 Å². The molecule has 0 unspecified atom stereocenters. The lowest BCUT2D eigenvalue weighted by atomic mass is 10.2. The van der Waals surface area contributed by atoms with E-state index in [4.69, 9.17) is 0 Å². The zero-order valence-corrected chi connectivity index (χ0v) is 13.4. The summed E-state index contributed by atoms with van der Waals surface area (Å²) in [6.45, 7) is -1.71. The second kappa shape index (κ2) is 7.22. The standard InChI is InChI=1S/C14H18F2N2O4S/c1-23(20,21)18-7-3-6-17(8-9-18)13(19)11-4-2-5-12(10-11)22-14(15)16/h2,4-5,10,14H,3,6-9H2,1H3. The van der Waals surface area contributed by atoms with E-state index in [2.05, 4.69) is 4.74 Å². The van der Waals surface area contributed by atoms with Crippen molar-refractivity contribution in [2.24, 2.45) is 0 Å². The third kappa shape index (κ3) is 4.87. The maximum Gasteiger partial charge on any atom is 0.387 e. The first-order valence-electron chi connectivity index (χ1n) is 7.06. The Hall–Kier alpha value is -1.74. The number of carbonyl (C=O) groups is 1. The van der Waals surface area contributed by atoms with E-state index < -0.39 is 16.6 Å². The Bertz CT molecular complexity index is 666. The van der Waals surface area contributed by atoms with Gasteiger partial charge in [-0.3, -0.25) is 4.79 Å². The van der Waals surface area contributed by atoms with E-state index in [1.54, 1.807) is 0 Å². The maximum absolute atomic E-state index is 12.5. The molecule has 1 aromatic carbocycles. The minimum atomic E-state index is -3.29. The van der Waals surface area contributed by atoms with Crippen LogP contribution in [-0.2, 0) is 10.0 Å². The summed E-state index contributed by atoms with van der Waals surface area (Å²) >= 11 is 0. The summed E-state index contributed by atoms with van der Waals surface area (Å²) < 4.78 is 53.2. The number of benzene rings is 1. The van der Waals surface area contributed by atoms with Crippen molar-refractivity contribution in [2.75, 3.05) is 32.4 Å². The first-order chi connectivity index (χ1) is 10.8. The minimum Gasteiger partial charge on any atom is -0.435 e. The Kier molecular flexibility index (Phi) is 5.53. The van der Waals surface area contributed by atoms with E-state index in [9.17, 15) is 22.0 Å². The van der Waals surface area contributed by atoms with Crippen molar-refractivity contribution in [3.63, 3.8) is 0 Å². The van der Waals surface area contributed by atoms with Gasteiger partial charge in [0.15, 0.2) is 0 Å². The van der Waals surface area contributed by atoms with Crippen LogP contribution < -0.4 is 4.74 Å². The van der Waals surface area contributed by atoms with Crippen LogP contribution in [0.1, 0.15) is 16.8 Å². The van der Waals surface area contributed by atoms with E-state index in [0.717, 1.165) is 6.26 Å². The van der Waals surface area contributed by atoms with E-state index in [-0.39, 0.29) is 30.3 Å². The number of halogens is 2. The van der Waals surface area contributed by atoms with Gasteiger partial charge in [-0.1, -0.05) is 6.07 Å². The van der Waals surface area contributed by atoms with Crippen molar-refractivity contribution in [1.82, 2.24) is 9.21 Å². The van der Waals surface area contributed by atoms with E-state index >= 15 is 0 Å². The van der Waals surface area contributed by atoms with Gasteiger partial charge in [0, 0.05) is 31.7 Å². The molecule has 2 rings (SSSR count). The Balaban J connectivity index is 2.08. The summed E-state index contributed by atoms with van der Waals surface area (Å²) in [6.07, 6.45) is 1.65. The number of amides is 1. The molecule has 0 bridgehead atoms. The summed E-state index contributed by atoms with van der Waals surface area (Å²) in [4.78, 5) is 14.0. The number of hydrogen-bond donors (Lipinski definition) is 0. The molecule has 1 saturated heterocycles. The van der Waals surface area contributed by atoms with Gasteiger partial charge in [-0.05, 0) is 24.6 Å². The lowest BCUT2D eigenvalue weighted by Gasteiger charge is -2.21. The molecule has 1 aliphatic heterocycles. The fourth-order valence-corrected chi connectivity index (χ4v) is 3.29. The number of rotatable bonds is 4. The fraction of sp³-hybridized carbons (Fsp3) is 0.500. The molecule has 23 heavy (non-hydrogen) atoms. The molecule has 1 amide bonds. The van der Waals surface area contributed by atoms with E-state index in [0.29, 0.717) is 19.5 Å². The lowest BCUT2D eigenvalue weighted by Crippen LogP contribution is -2.36. The highest BCUT2D eigenvalue weighted by Crippen LogP contribution is 2.18. The average Bonchev–Trinajstić information content (AvgIpc) is 2.71. The predicted molar refractivity (Wildman–Crippen MR) is 80.0 cm³/mol. The SMILES string of the molecule is CS(=O)(=O)N1CCCN(C(=O)c2cccc(OC(F)F)c2)CC1. The molecule has 0 aliphatic carbocycles. The summed E-state index contributed by atoms with van der Waals surface area (Å²) in [5.41, 5.74) is 0.232. The van der Waals surface area contributed by atoms with Crippen molar-refractivity contribution in [3.8, 4) is 5.75 Å². The van der Waals surface area contributed by atoms with Gasteiger partial charge >= 0.3 is 6.61 Å². The smallest absolute Gasteiger partial charge is 0.387 e. The third-order valence-electron chi connectivity index (χ3n) is 3.52. The van der Waals surface area contributed by atoms with Gasteiger partial charge in [0.25, 0.3) is 5.91 Å². The molecular weight excluding hydrogens is 330 g/mol. The van der Waals surface area contributed by atoms with Gasteiger partial charge in [-0.2, -0.15) is 8.78 Å². The summed E-state index contributed by atoms with van der Waals surface area (Å²) in [5, 5.41) is 0. The molecule has 128 valence electrons. The number of nitrogens with zero attached hydrogens (tertiary/aromatic N) is 2. The second-order valence-corrected chi connectivity index (χ2v) is 7.20. The molecule has 0 saturated carbocycles. The molecule has 1 fully saturated rings. The minimum absolute atomic E-state index is 0.0848. The zero-order valence-electron chi connectivity index (χ0n) is 12.6. The average molecular weight is 348 g/mol. The van der Waals surface area contributed by atoms with Gasteiger partial charge in [0.1, 0.15) is 5.75 Å². The van der Waals surface area contributed by atoms with Crippen LogP contribution in [0.5, 0.6) is 5.75 Å². The van der Waals surface area contributed by atoms with Crippen LogP contribution in [0.3, 0.4) is 0 Å². The highest BCUT2D eigenvalue weighted by molar-refractivity contribution is 7.88. The van der Waals surface area contributed by atoms with Crippen molar-refractivity contribution in [3.05, 3.63) is 29.8 Å². The van der Waals surface area contributed by atoms with Gasteiger partial charge in [-0.25, -0.2) is 12.7 Å². The van der Waals surface area contributed by atoms with Crippen molar-refractivity contribution in [2.45, 2.75) is 13.0 Å². The highest BCUT2D eigenvalue weighted by Gasteiger charge is 2.24. The first-order valence-corrected chi connectivity index (χ1v) is 8.91. The Labute approximate surface area is 133 Å². The first kappa shape index (κ1) is 17.6. The molecule has 1 heterocycles. The fourth-order valence-electron chi connectivity index (χ4n) is 2.42. The quantitative estimate of drug-likeness (QED) is 0.825. The zero-order chi connectivity index (χ0) is 17.0. The summed E-state index contributed by atoms with van der Waals surface area (Å²) in [7, 11) is -3.29. The molecule has 1 aliphatic rings. The molecule has 6 nitrogen and oxygen atoms in total. The number of hydrogen-bond acceptors (Lipinski definition) is 4. The van der Waals surface area contributed by atoms with Gasteiger partial charge in [-0.15, -0.1) is 0 Å². The molecular formula is C14H18F2N2O4S. The Morgan fingerprint density at radius 3 is 2.61 bits per heavy atom. The summed E-state index contributed by atoms with van der Waals surface area (Å²) in [5.74, 6) is -0.418. The molecule has 1 aromatic rings. The predicted octanol–water partition coefficient (Wildman–Crippen LogP) is 1.40. The number of ether oxygens (including phenoxy) is 1.